The zero-order valence-electron chi connectivity index (χ0n) is 15.6. The van der Waals surface area contributed by atoms with Crippen LogP contribution in [0.1, 0.15) is 29.6 Å². The van der Waals surface area contributed by atoms with Crippen LogP contribution < -0.4 is 5.73 Å². The number of para-hydroxylation sites is 1. The predicted octanol–water partition coefficient (Wildman–Crippen LogP) is 1.11. The molecule has 2 amide bonds. The molecule has 4 rings (SSSR count). The van der Waals surface area contributed by atoms with E-state index in [-0.39, 0.29) is 30.1 Å². The van der Waals surface area contributed by atoms with Crippen molar-refractivity contribution in [3.63, 3.8) is 0 Å². The number of Topliss-reactive ketones (excluding diaryl/α,β-unsaturated/α-hetero) is 1. The maximum Gasteiger partial charge on any atom is 0.242 e. The highest BCUT2D eigenvalue weighted by Gasteiger charge is 2.34. The Bertz CT molecular complexity index is 908. The summed E-state index contributed by atoms with van der Waals surface area (Å²) < 4.78 is 1.55. The quantitative estimate of drug-likeness (QED) is 0.782. The number of likely N-dealkylation sites (tertiary alicyclic amines) is 2. The van der Waals surface area contributed by atoms with Crippen LogP contribution in [0.2, 0.25) is 0 Å². The van der Waals surface area contributed by atoms with E-state index in [0.29, 0.717) is 43.9 Å². The van der Waals surface area contributed by atoms with Crippen molar-refractivity contribution in [3.8, 4) is 5.69 Å². The van der Waals surface area contributed by atoms with Gasteiger partial charge in [0.1, 0.15) is 5.82 Å². The van der Waals surface area contributed by atoms with Crippen molar-refractivity contribution in [2.24, 2.45) is 5.92 Å². The first-order valence-corrected chi connectivity index (χ1v) is 9.53. The second kappa shape index (κ2) is 7.46. The van der Waals surface area contributed by atoms with Crippen molar-refractivity contribution in [1.29, 1.82) is 0 Å². The van der Waals surface area contributed by atoms with Crippen LogP contribution >= 0.6 is 0 Å². The van der Waals surface area contributed by atoms with E-state index in [0.717, 1.165) is 12.1 Å². The smallest absolute Gasteiger partial charge is 0.242 e. The largest absolute Gasteiger partial charge is 0.383 e. The van der Waals surface area contributed by atoms with Crippen LogP contribution in [0.25, 0.3) is 5.69 Å². The Balaban J connectivity index is 1.42. The lowest BCUT2D eigenvalue weighted by Crippen LogP contribution is -2.40. The molecule has 1 aromatic carbocycles. The minimum Gasteiger partial charge on any atom is -0.383 e. The molecule has 2 fully saturated rings. The van der Waals surface area contributed by atoms with Gasteiger partial charge in [0.05, 0.1) is 24.0 Å². The van der Waals surface area contributed by atoms with Crippen molar-refractivity contribution in [2.75, 3.05) is 31.9 Å². The van der Waals surface area contributed by atoms with E-state index in [1.54, 1.807) is 14.5 Å². The number of nitrogens with zero attached hydrogens (tertiary/aromatic N) is 4. The molecule has 1 aromatic heterocycles. The summed E-state index contributed by atoms with van der Waals surface area (Å²) in [7, 11) is 0. The fraction of sp³-hybridized carbons (Fsp3) is 0.400. The maximum atomic E-state index is 12.9. The number of carbonyl (C=O) groups is 3. The lowest BCUT2D eigenvalue weighted by Gasteiger charge is -2.21. The first-order valence-electron chi connectivity index (χ1n) is 9.53. The number of nitrogen functional groups attached to an aromatic ring is 1. The molecule has 2 N–H and O–H groups in total. The van der Waals surface area contributed by atoms with Gasteiger partial charge in [-0.15, -0.1) is 0 Å². The Hall–Kier alpha value is -3.16. The lowest BCUT2D eigenvalue weighted by molar-refractivity contribution is -0.137. The van der Waals surface area contributed by atoms with Crippen molar-refractivity contribution >= 4 is 23.4 Å². The fourth-order valence-electron chi connectivity index (χ4n) is 3.88. The molecule has 146 valence electrons. The minimum absolute atomic E-state index is 0.0290. The van der Waals surface area contributed by atoms with Gasteiger partial charge in [0.2, 0.25) is 11.8 Å². The summed E-state index contributed by atoms with van der Waals surface area (Å²) in [5.41, 5.74) is 7.35. The molecule has 2 aliphatic rings. The molecule has 1 unspecified atom stereocenters. The summed E-state index contributed by atoms with van der Waals surface area (Å²) in [5, 5.41) is 4.26. The molecule has 28 heavy (non-hydrogen) atoms. The average molecular weight is 381 g/mol. The van der Waals surface area contributed by atoms with Gasteiger partial charge in [0.25, 0.3) is 0 Å². The van der Waals surface area contributed by atoms with Gasteiger partial charge in [0, 0.05) is 32.0 Å². The van der Waals surface area contributed by atoms with Crippen LogP contribution in [0.5, 0.6) is 0 Å². The molecule has 0 radical (unpaired) electrons. The molecule has 2 saturated heterocycles. The second-order valence-electron chi connectivity index (χ2n) is 7.30. The van der Waals surface area contributed by atoms with Crippen LogP contribution in [-0.2, 0) is 9.59 Å². The normalized spacial score (nSPS) is 19.4. The van der Waals surface area contributed by atoms with Crippen molar-refractivity contribution in [1.82, 2.24) is 19.6 Å². The summed E-state index contributed by atoms with van der Waals surface area (Å²) in [5.74, 6) is -0.149. The van der Waals surface area contributed by atoms with Crippen molar-refractivity contribution in [3.05, 3.63) is 42.1 Å². The number of anilines is 1. The van der Waals surface area contributed by atoms with Gasteiger partial charge >= 0.3 is 0 Å². The molecule has 8 nitrogen and oxygen atoms in total. The van der Waals surface area contributed by atoms with E-state index < -0.39 is 0 Å². The monoisotopic (exact) mass is 381 g/mol. The van der Waals surface area contributed by atoms with E-state index in [1.807, 2.05) is 30.3 Å². The zero-order chi connectivity index (χ0) is 19.7. The number of amides is 2. The third-order valence-corrected chi connectivity index (χ3v) is 5.48. The fourth-order valence-corrected chi connectivity index (χ4v) is 3.88. The summed E-state index contributed by atoms with van der Waals surface area (Å²) in [4.78, 5) is 40.4. The summed E-state index contributed by atoms with van der Waals surface area (Å²) in [6, 6.07) is 9.39. The molecule has 0 bridgehead atoms. The predicted molar refractivity (Wildman–Crippen MR) is 103 cm³/mol. The zero-order valence-corrected chi connectivity index (χ0v) is 15.6. The summed E-state index contributed by atoms with van der Waals surface area (Å²) >= 11 is 0. The number of nitrogens with two attached hydrogens (primary N) is 1. The molecule has 0 aliphatic carbocycles. The molecule has 2 aromatic rings. The molecule has 0 saturated carbocycles. The molecule has 0 spiro atoms. The van der Waals surface area contributed by atoms with Gasteiger partial charge < -0.3 is 15.5 Å². The maximum absolute atomic E-state index is 12.9. The van der Waals surface area contributed by atoms with Crippen LogP contribution in [0, 0.1) is 5.92 Å². The Morgan fingerprint density at radius 1 is 1.18 bits per heavy atom. The number of benzene rings is 1. The average Bonchev–Trinajstić information content (AvgIpc) is 3.43. The molecular weight excluding hydrogens is 358 g/mol. The first-order chi connectivity index (χ1) is 13.5. The third kappa shape index (κ3) is 3.37. The lowest BCUT2D eigenvalue weighted by atomic mass is 9.98. The van der Waals surface area contributed by atoms with Gasteiger partial charge in [-0.3, -0.25) is 14.4 Å². The third-order valence-electron chi connectivity index (χ3n) is 5.48. The van der Waals surface area contributed by atoms with E-state index in [1.165, 1.54) is 6.20 Å². The molecular formula is C20H23N5O3. The van der Waals surface area contributed by atoms with Crippen LogP contribution in [0.4, 0.5) is 5.82 Å². The number of rotatable bonds is 5. The number of aromatic nitrogens is 2. The number of carbonyl (C=O) groups excluding carboxylic acids is 3. The van der Waals surface area contributed by atoms with Gasteiger partial charge in [-0.2, -0.15) is 5.10 Å². The van der Waals surface area contributed by atoms with Gasteiger partial charge in [0.15, 0.2) is 5.78 Å². The van der Waals surface area contributed by atoms with Crippen LogP contribution in [0.3, 0.4) is 0 Å². The van der Waals surface area contributed by atoms with Gasteiger partial charge in [-0.25, -0.2) is 4.68 Å². The number of hydrogen-bond donors (Lipinski definition) is 1. The Morgan fingerprint density at radius 3 is 2.68 bits per heavy atom. The minimum atomic E-state index is -0.297. The first kappa shape index (κ1) is 18.2. The Labute approximate surface area is 162 Å². The van der Waals surface area contributed by atoms with Gasteiger partial charge in [-0.1, -0.05) is 18.2 Å². The van der Waals surface area contributed by atoms with E-state index >= 15 is 0 Å². The second-order valence-corrected chi connectivity index (χ2v) is 7.30. The number of ketones is 1. The molecule has 2 aliphatic heterocycles. The summed E-state index contributed by atoms with van der Waals surface area (Å²) in [6.45, 7) is 1.61. The molecule has 8 heteroatoms. The van der Waals surface area contributed by atoms with Crippen LogP contribution in [0.15, 0.2) is 36.5 Å². The molecule has 1 atom stereocenters. The van der Waals surface area contributed by atoms with Crippen molar-refractivity contribution in [2.45, 2.75) is 19.3 Å². The Morgan fingerprint density at radius 2 is 1.96 bits per heavy atom. The Kier molecular flexibility index (Phi) is 4.85. The van der Waals surface area contributed by atoms with E-state index in [2.05, 4.69) is 5.10 Å². The van der Waals surface area contributed by atoms with Gasteiger partial charge in [-0.05, 0) is 25.0 Å². The highest BCUT2D eigenvalue weighted by Crippen LogP contribution is 2.25. The van der Waals surface area contributed by atoms with E-state index in [4.69, 9.17) is 5.73 Å². The standard InChI is InChI=1S/C20H23N5O3/c21-20-16(11-22-25(20)15-5-2-1-3-6-15)19(28)14-8-10-24(12-14)18(27)13-23-9-4-7-17(23)26/h1-3,5-6,11,14H,4,7-10,12-13,21H2. The van der Waals surface area contributed by atoms with E-state index in [9.17, 15) is 14.4 Å². The van der Waals surface area contributed by atoms with Crippen LogP contribution in [-0.4, -0.2) is 63.4 Å². The highest BCUT2D eigenvalue weighted by atomic mass is 16.2. The van der Waals surface area contributed by atoms with Crippen molar-refractivity contribution < 1.29 is 14.4 Å². The molecule has 3 heterocycles. The SMILES string of the molecule is Nc1c(C(=O)C2CCN(C(=O)CN3CCCC3=O)C2)cnn1-c1ccccc1. The topological polar surface area (TPSA) is 102 Å². The highest BCUT2D eigenvalue weighted by molar-refractivity contribution is 6.02. The number of hydrogen-bond acceptors (Lipinski definition) is 5. The summed E-state index contributed by atoms with van der Waals surface area (Å²) in [6.07, 6.45) is 3.41.